The second-order valence-corrected chi connectivity index (χ2v) is 4.68. The SMILES string of the molecule is Cl.O=C1[C@H](Cc2cnc[nH]2)NC(=S)N1c1ccccc1. The van der Waals surface area contributed by atoms with Crippen LogP contribution in [-0.2, 0) is 11.2 Å². The number of halogens is 1. The number of hydrogen-bond acceptors (Lipinski definition) is 3. The van der Waals surface area contributed by atoms with Crippen LogP contribution in [-0.4, -0.2) is 27.0 Å². The summed E-state index contributed by atoms with van der Waals surface area (Å²) in [6.45, 7) is 0. The summed E-state index contributed by atoms with van der Waals surface area (Å²) in [4.78, 5) is 20.9. The summed E-state index contributed by atoms with van der Waals surface area (Å²) >= 11 is 5.24. The average Bonchev–Trinajstić information content (AvgIpc) is 3.01. The van der Waals surface area contributed by atoms with Gasteiger partial charge in [-0.1, -0.05) is 18.2 Å². The van der Waals surface area contributed by atoms with Crippen LogP contribution in [0.1, 0.15) is 5.69 Å². The number of nitrogens with zero attached hydrogens (tertiary/aromatic N) is 2. The molecule has 2 N–H and O–H groups in total. The highest BCUT2D eigenvalue weighted by atomic mass is 35.5. The van der Waals surface area contributed by atoms with E-state index in [0.717, 1.165) is 11.4 Å². The molecule has 5 nitrogen and oxygen atoms in total. The zero-order valence-electron chi connectivity index (χ0n) is 10.4. The van der Waals surface area contributed by atoms with E-state index in [2.05, 4.69) is 15.3 Å². The number of thiocarbonyl (C=S) groups is 1. The van der Waals surface area contributed by atoms with Crippen LogP contribution in [0.15, 0.2) is 42.9 Å². The largest absolute Gasteiger partial charge is 0.350 e. The van der Waals surface area contributed by atoms with Gasteiger partial charge in [0.05, 0.1) is 12.0 Å². The van der Waals surface area contributed by atoms with Crippen LogP contribution in [0.4, 0.5) is 5.69 Å². The summed E-state index contributed by atoms with van der Waals surface area (Å²) in [6, 6.07) is 9.06. The van der Waals surface area contributed by atoms with Crippen molar-refractivity contribution in [1.29, 1.82) is 0 Å². The zero-order chi connectivity index (χ0) is 13.2. The van der Waals surface area contributed by atoms with Crippen LogP contribution >= 0.6 is 24.6 Å². The molecule has 1 aliphatic rings. The third kappa shape index (κ3) is 2.66. The van der Waals surface area contributed by atoms with Gasteiger partial charge < -0.3 is 10.3 Å². The molecule has 0 saturated carbocycles. The van der Waals surface area contributed by atoms with E-state index in [1.807, 2.05) is 30.3 Å². The van der Waals surface area contributed by atoms with E-state index in [-0.39, 0.29) is 24.4 Å². The second-order valence-electron chi connectivity index (χ2n) is 4.29. The van der Waals surface area contributed by atoms with Gasteiger partial charge in [-0.2, -0.15) is 0 Å². The molecule has 2 aromatic rings. The number of anilines is 1. The summed E-state index contributed by atoms with van der Waals surface area (Å²) in [7, 11) is 0. The van der Waals surface area contributed by atoms with Crippen molar-refractivity contribution in [3.05, 3.63) is 48.5 Å². The lowest BCUT2D eigenvalue weighted by molar-refractivity contribution is -0.118. The molecular formula is C13H13ClN4OS. The van der Waals surface area contributed by atoms with Gasteiger partial charge in [0.2, 0.25) is 0 Å². The Balaban J connectivity index is 0.00000147. The fourth-order valence-corrected chi connectivity index (χ4v) is 2.45. The number of amides is 1. The average molecular weight is 309 g/mol. The van der Waals surface area contributed by atoms with Gasteiger partial charge in [0.1, 0.15) is 6.04 Å². The molecule has 1 aromatic heterocycles. The topological polar surface area (TPSA) is 61.0 Å². The van der Waals surface area contributed by atoms with E-state index in [4.69, 9.17) is 12.2 Å². The minimum atomic E-state index is -0.340. The van der Waals surface area contributed by atoms with Crippen molar-refractivity contribution in [2.24, 2.45) is 0 Å². The molecular weight excluding hydrogens is 296 g/mol. The predicted octanol–water partition coefficient (Wildman–Crippen LogP) is 1.66. The number of H-pyrrole nitrogens is 1. The molecule has 0 unspecified atom stereocenters. The highest BCUT2D eigenvalue weighted by Gasteiger charge is 2.36. The Bertz CT molecular complexity index is 602. The molecule has 0 aliphatic carbocycles. The molecule has 1 saturated heterocycles. The first-order valence-corrected chi connectivity index (χ1v) is 6.33. The summed E-state index contributed by atoms with van der Waals surface area (Å²) in [5.74, 6) is -0.0363. The maximum atomic E-state index is 12.4. The maximum absolute atomic E-state index is 12.4. The first kappa shape index (κ1) is 14.5. The summed E-state index contributed by atoms with van der Waals surface area (Å²) in [5.41, 5.74) is 1.70. The van der Waals surface area contributed by atoms with E-state index in [1.165, 1.54) is 4.90 Å². The summed E-state index contributed by atoms with van der Waals surface area (Å²) in [6.07, 6.45) is 3.85. The molecule has 0 radical (unpaired) electrons. The van der Waals surface area contributed by atoms with Crippen LogP contribution in [0.3, 0.4) is 0 Å². The van der Waals surface area contributed by atoms with Crippen LogP contribution < -0.4 is 10.2 Å². The number of hydrogen-bond donors (Lipinski definition) is 2. The smallest absolute Gasteiger partial charge is 0.256 e. The number of carbonyl (C=O) groups excluding carboxylic acids is 1. The Kier molecular flexibility index (Phi) is 4.36. The van der Waals surface area contributed by atoms with Crippen molar-refractivity contribution in [3.63, 3.8) is 0 Å². The third-order valence-corrected chi connectivity index (χ3v) is 3.31. The summed E-state index contributed by atoms with van der Waals surface area (Å²) < 4.78 is 0. The van der Waals surface area contributed by atoms with E-state index >= 15 is 0 Å². The van der Waals surface area contributed by atoms with E-state index in [0.29, 0.717) is 11.5 Å². The Morgan fingerprint density at radius 1 is 1.30 bits per heavy atom. The standard InChI is InChI=1S/C13H12N4OS.ClH/c18-12-11(6-9-7-14-8-15-9)16-13(19)17(12)10-4-2-1-3-5-10;/h1-5,7-8,11H,6H2,(H,14,15)(H,16,19);1H/t11-;/m0./s1. The Morgan fingerprint density at radius 3 is 2.70 bits per heavy atom. The Morgan fingerprint density at radius 2 is 2.05 bits per heavy atom. The number of aromatic amines is 1. The van der Waals surface area contributed by atoms with Crippen molar-refractivity contribution in [1.82, 2.24) is 15.3 Å². The van der Waals surface area contributed by atoms with Gasteiger partial charge in [0, 0.05) is 18.3 Å². The van der Waals surface area contributed by atoms with E-state index < -0.39 is 0 Å². The zero-order valence-corrected chi connectivity index (χ0v) is 12.1. The fraction of sp³-hybridized carbons (Fsp3) is 0.154. The summed E-state index contributed by atoms with van der Waals surface area (Å²) in [5, 5.41) is 3.50. The van der Waals surface area contributed by atoms with Crippen LogP contribution in [0.25, 0.3) is 0 Å². The van der Waals surface area contributed by atoms with E-state index in [9.17, 15) is 4.79 Å². The predicted molar refractivity (Wildman–Crippen MR) is 83.0 cm³/mol. The Hall–Kier alpha value is -1.92. The highest BCUT2D eigenvalue weighted by molar-refractivity contribution is 7.80. The number of para-hydroxylation sites is 1. The minimum Gasteiger partial charge on any atom is -0.350 e. The first-order chi connectivity index (χ1) is 9.25. The van der Waals surface area contributed by atoms with Gasteiger partial charge in [-0.25, -0.2) is 4.98 Å². The number of benzene rings is 1. The lowest BCUT2D eigenvalue weighted by Crippen LogP contribution is -2.32. The van der Waals surface area contributed by atoms with Crippen LogP contribution in [0.2, 0.25) is 0 Å². The number of nitrogens with one attached hydrogen (secondary N) is 2. The van der Waals surface area contributed by atoms with Gasteiger partial charge in [-0.05, 0) is 24.4 Å². The van der Waals surface area contributed by atoms with Gasteiger partial charge in [0.25, 0.3) is 5.91 Å². The van der Waals surface area contributed by atoms with E-state index in [1.54, 1.807) is 12.5 Å². The maximum Gasteiger partial charge on any atom is 0.256 e. The Labute approximate surface area is 127 Å². The molecule has 1 amide bonds. The quantitative estimate of drug-likeness (QED) is 0.847. The monoisotopic (exact) mass is 308 g/mol. The molecule has 2 heterocycles. The molecule has 7 heteroatoms. The number of aromatic nitrogens is 2. The van der Waals surface area contributed by atoms with Crippen LogP contribution in [0, 0.1) is 0 Å². The van der Waals surface area contributed by atoms with Crippen molar-refractivity contribution < 1.29 is 4.79 Å². The van der Waals surface area contributed by atoms with Crippen molar-refractivity contribution in [2.45, 2.75) is 12.5 Å². The van der Waals surface area contributed by atoms with Crippen molar-refractivity contribution in [2.75, 3.05) is 4.90 Å². The lowest BCUT2D eigenvalue weighted by Gasteiger charge is -2.14. The normalized spacial score (nSPS) is 17.8. The van der Waals surface area contributed by atoms with Crippen molar-refractivity contribution in [3.8, 4) is 0 Å². The highest BCUT2D eigenvalue weighted by Crippen LogP contribution is 2.20. The first-order valence-electron chi connectivity index (χ1n) is 5.92. The van der Waals surface area contributed by atoms with Gasteiger partial charge in [-0.3, -0.25) is 9.69 Å². The molecule has 1 atom stereocenters. The number of rotatable bonds is 3. The molecule has 1 aliphatic heterocycles. The van der Waals surface area contributed by atoms with Gasteiger partial charge in [0.15, 0.2) is 5.11 Å². The lowest BCUT2D eigenvalue weighted by atomic mass is 10.1. The number of imidazole rings is 1. The third-order valence-electron chi connectivity index (χ3n) is 3.01. The molecule has 104 valence electrons. The molecule has 1 fully saturated rings. The van der Waals surface area contributed by atoms with Gasteiger partial charge in [-0.15, -0.1) is 12.4 Å². The minimum absolute atomic E-state index is 0. The molecule has 3 rings (SSSR count). The fourth-order valence-electron chi connectivity index (χ4n) is 2.11. The van der Waals surface area contributed by atoms with Crippen molar-refractivity contribution >= 4 is 41.3 Å². The molecule has 0 spiro atoms. The number of carbonyl (C=O) groups is 1. The van der Waals surface area contributed by atoms with Crippen LogP contribution in [0.5, 0.6) is 0 Å². The van der Waals surface area contributed by atoms with Gasteiger partial charge >= 0.3 is 0 Å². The second kappa shape index (κ2) is 6.02. The molecule has 0 bridgehead atoms. The molecule has 20 heavy (non-hydrogen) atoms. The molecule has 1 aromatic carbocycles.